The van der Waals surface area contributed by atoms with E-state index in [2.05, 4.69) is 20.9 Å². The number of allylic oxidation sites excluding steroid dienone is 1. The van der Waals surface area contributed by atoms with Gasteiger partial charge in [-0.05, 0) is 57.4 Å². The molecule has 0 saturated heterocycles. The molecule has 0 spiro atoms. The van der Waals surface area contributed by atoms with Gasteiger partial charge in [-0.1, -0.05) is 36.4 Å². The zero-order chi connectivity index (χ0) is 27.4. The SMILES string of the molecule is CC(C)(C)OC(=O)[C@H](Cc1ccc(/C=C/CCC(=O)NC2=NCCCN2)s1)NC(=O)OCc1ccccc1. The van der Waals surface area contributed by atoms with Gasteiger partial charge < -0.3 is 20.1 Å². The second kappa shape index (κ2) is 14.3. The molecular formula is C28H36N4O5S. The Morgan fingerprint density at radius 2 is 1.95 bits per heavy atom. The fourth-order valence-corrected chi connectivity index (χ4v) is 4.48. The molecule has 0 saturated carbocycles. The van der Waals surface area contributed by atoms with E-state index in [9.17, 15) is 14.4 Å². The van der Waals surface area contributed by atoms with E-state index in [0.29, 0.717) is 18.8 Å². The first-order chi connectivity index (χ1) is 18.2. The number of alkyl carbamates (subject to hydrolysis) is 1. The lowest BCUT2D eigenvalue weighted by molar-refractivity contribution is -0.157. The minimum absolute atomic E-state index is 0.0832. The second-order valence-corrected chi connectivity index (χ2v) is 11.0. The van der Waals surface area contributed by atoms with Crippen LogP contribution < -0.4 is 16.0 Å². The summed E-state index contributed by atoms with van der Waals surface area (Å²) in [5.41, 5.74) is 0.156. The molecule has 38 heavy (non-hydrogen) atoms. The zero-order valence-corrected chi connectivity index (χ0v) is 22.9. The summed E-state index contributed by atoms with van der Waals surface area (Å²) in [5, 5.41) is 8.51. The molecule has 10 heteroatoms. The van der Waals surface area contributed by atoms with Gasteiger partial charge in [-0.3, -0.25) is 15.1 Å². The number of benzene rings is 1. The van der Waals surface area contributed by atoms with E-state index in [1.165, 1.54) is 11.3 Å². The van der Waals surface area contributed by atoms with Gasteiger partial charge in [0.15, 0.2) is 5.96 Å². The molecule has 2 heterocycles. The summed E-state index contributed by atoms with van der Waals surface area (Å²) in [5.74, 6) is -0.0620. The lowest BCUT2D eigenvalue weighted by Gasteiger charge is -2.24. The molecule has 0 bridgehead atoms. The number of hydrogen-bond acceptors (Lipinski definition) is 8. The third-order valence-corrected chi connectivity index (χ3v) is 6.33. The van der Waals surface area contributed by atoms with Crippen LogP contribution in [0.15, 0.2) is 53.5 Å². The average Bonchev–Trinajstić information content (AvgIpc) is 3.32. The summed E-state index contributed by atoms with van der Waals surface area (Å²) in [6.45, 7) is 6.99. The van der Waals surface area contributed by atoms with E-state index < -0.39 is 23.7 Å². The highest BCUT2D eigenvalue weighted by Gasteiger charge is 2.28. The smallest absolute Gasteiger partial charge is 0.408 e. The molecule has 1 aromatic carbocycles. The highest BCUT2D eigenvalue weighted by atomic mass is 32.1. The lowest BCUT2D eigenvalue weighted by atomic mass is 10.1. The minimum Gasteiger partial charge on any atom is -0.458 e. The molecular weight excluding hydrogens is 504 g/mol. The Balaban J connectivity index is 1.52. The van der Waals surface area contributed by atoms with Crippen LogP contribution >= 0.6 is 11.3 Å². The molecule has 0 unspecified atom stereocenters. The van der Waals surface area contributed by atoms with Gasteiger partial charge in [-0.25, -0.2) is 9.59 Å². The van der Waals surface area contributed by atoms with Crippen LogP contribution in [-0.4, -0.2) is 48.7 Å². The molecule has 0 radical (unpaired) electrons. The van der Waals surface area contributed by atoms with Crippen molar-refractivity contribution in [1.82, 2.24) is 16.0 Å². The number of carbonyl (C=O) groups is 3. The predicted molar refractivity (Wildman–Crippen MR) is 149 cm³/mol. The van der Waals surface area contributed by atoms with Crippen LogP contribution in [-0.2, 0) is 32.1 Å². The van der Waals surface area contributed by atoms with Gasteiger partial charge in [0.2, 0.25) is 5.91 Å². The highest BCUT2D eigenvalue weighted by Crippen LogP contribution is 2.21. The van der Waals surface area contributed by atoms with Crippen molar-refractivity contribution in [3.8, 4) is 0 Å². The fourth-order valence-electron chi connectivity index (χ4n) is 3.49. The van der Waals surface area contributed by atoms with Crippen LogP contribution in [0.3, 0.4) is 0 Å². The number of nitrogens with one attached hydrogen (secondary N) is 3. The fraction of sp³-hybridized carbons (Fsp3) is 0.429. The molecule has 0 fully saturated rings. The van der Waals surface area contributed by atoms with Crippen molar-refractivity contribution in [2.75, 3.05) is 13.1 Å². The molecule has 204 valence electrons. The van der Waals surface area contributed by atoms with Crippen LogP contribution in [0.25, 0.3) is 6.08 Å². The van der Waals surface area contributed by atoms with Crippen molar-refractivity contribution in [3.05, 3.63) is 63.9 Å². The van der Waals surface area contributed by atoms with E-state index in [1.54, 1.807) is 20.8 Å². The average molecular weight is 541 g/mol. The Morgan fingerprint density at radius 1 is 1.16 bits per heavy atom. The summed E-state index contributed by atoms with van der Waals surface area (Å²) in [4.78, 5) is 43.5. The van der Waals surface area contributed by atoms with Crippen LogP contribution in [0.4, 0.5) is 4.79 Å². The Hall–Kier alpha value is -3.66. The Bertz CT molecular complexity index is 1140. The Morgan fingerprint density at radius 3 is 2.66 bits per heavy atom. The number of aliphatic imine (C=N–C) groups is 1. The molecule has 9 nitrogen and oxygen atoms in total. The van der Waals surface area contributed by atoms with Crippen molar-refractivity contribution in [1.29, 1.82) is 0 Å². The number of rotatable bonds is 10. The molecule has 3 N–H and O–H groups in total. The summed E-state index contributed by atoms with van der Waals surface area (Å²) < 4.78 is 10.8. The third-order valence-electron chi connectivity index (χ3n) is 5.26. The molecule has 0 aliphatic carbocycles. The van der Waals surface area contributed by atoms with Gasteiger partial charge in [-0.15, -0.1) is 11.3 Å². The van der Waals surface area contributed by atoms with Crippen molar-refractivity contribution in [2.45, 2.75) is 64.7 Å². The van der Waals surface area contributed by atoms with Gasteiger partial charge in [0.25, 0.3) is 0 Å². The second-order valence-electron chi connectivity index (χ2n) is 9.80. The van der Waals surface area contributed by atoms with E-state index in [0.717, 1.165) is 34.8 Å². The number of hydrogen-bond donors (Lipinski definition) is 3. The van der Waals surface area contributed by atoms with Crippen molar-refractivity contribution in [3.63, 3.8) is 0 Å². The summed E-state index contributed by atoms with van der Waals surface area (Å²) >= 11 is 1.50. The van der Waals surface area contributed by atoms with Gasteiger partial charge in [0.05, 0.1) is 0 Å². The lowest BCUT2D eigenvalue weighted by Crippen LogP contribution is -2.45. The Labute approximate surface area is 227 Å². The van der Waals surface area contributed by atoms with Crippen LogP contribution in [0.2, 0.25) is 0 Å². The van der Waals surface area contributed by atoms with Crippen molar-refractivity contribution in [2.24, 2.45) is 4.99 Å². The van der Waals surface area contributed by atoms with E-state index in [1.807, 2.05) is 54.6 Å². The minimum atomic E-state index is -0.895. The van der Waals surface area contributed by atoms with Gasteiger partial charge in [0.1, 0.15) is 18.2 Å². The number of esters is 1. The first-order valence-corrected chi connectivity index (χ1v) is 13.5. The molecule has 1 aliphatic rings. The Kier molecular flexibility index (Phi) is 10.9. The molecule has 1 aromatic heterocycles. The quantitative estimate of drug-likeness (QED) is 0.389. The molecule has 2 amide bonds. The summed E-state index contributed by atoms with van der Waals surface area (Å²) in [6, 6.07) is 12.3. The third kappa shape index (κ3) is 10.8. The van der Waals surface area contributed by atoms with Crippen LogP contribution in [0, 0.1) is 0 Å². The maximum absolute atomic E-state index is 12.8. The summed E-state index contributed by atoms with van der Waals surface area (Å²) in [6.07, 6.45) is 5.38. The monoisotopic (exact) mass is 540 g/mol. The zero-order valence-electron chi connectivity index (χ0n) is 22.1. The first-order valence-electron chi connectivity index (χ1n) is 12.7. The largest absolute Gasteiger partial charge is 0.458 e. The van der Waals surface area contributed by atoms with Gasteiger partial charge in [0, 0.05) is 35.7 Å². The number of amides is 2. The number of carbonyl (C=O) groups excluding carboxylic acids is 3. The van der Waals surface area contributed by atoms with Crippen LogP contribution in [0.1, 0.15) is 55.4 Å². The van der Waals surface area contributed by atoms with Crippen molar-refractivity contribution >= 4 is 41.3 Å². The number of thiophene rings is 1. The standard InChI is InChI=1S/C28H36N4O5S/c1-28(2,3)37-25(34)23(31-27(35)36-19-20-10-5-4-6-11-20)18-22-15-14-21(38-22)12-7-8-13-24(33)32-26-29-16-9-17-30-26/h4-7,10-12,14-15,23H,8-9,13,16-19H2,1-3H3,(H,31,35)(H2,29,30,32,33)/b12-7+/t23-/m0/s1. The molecule has 2 aromatic rings. The van der Waals surface area contributed by atoms with E-state index in [-0.39, 0.29) is 18.9 Å². The van der Waals surface area contributed by atoms with Gasteiger partial charge in [-0.2, -0.15) is 0 Å². The number of nitrogens with zero attached hydrogens (tertiary/aromatic N) is 1. The molecule has 3 rings (SSSR count). The number of guanidine groups is 1. The molecule has 1 aliphatic heterocycles. The number of ether oxygens (including phenoxy) is 2. The molecule has 1 atom stereocenters. The van der Waals surface area contributed by atoms with Crippen molar-refractivity contribution < 1.29 is 23.9 Å². The first kappa shape index (κ1) is 28.9. The maximum Gasteiger partial charge on any atom is 0.408 e. The topological polar surface area (TPSA) is 118 Å². The van der Waals surface area contributed by atoms with E-state index in [4.69, 9.17) is 9.47 Å². The summed E-state index contributed by atoms with van der Waals surface area (Å²) in [7, 11) is 0. The normalized spacial score (nSPS) is 14.2. The van der Waals surface area contributed by atoms with Gasteiger partial charge >= 0.3 is 12.1 Å². The predicted octanol–water partition coefficient (Wildman–Crippen LogP) is 4.19. The van der Waals surface area contributed by atoms with Crippen LogP contribution in [0.5, 0.6) is 0 Å². The van der Waals surface area contributed by atoms with E-state index >= 15 is 0 Å². The maximum atomic E-state index is 12.8. The highest BCUT2D eigenvalue weighted by molar-refractivity contribution is 7.12.